The first kappa shape index (κ1) is 23.3. The molecule has 0 saturated carbocycles. The number of nitrogens with one attached hydrogen (secondary N) is 2. The Morgan fingerprint density at radius 3 is 2.03 bits per heavy atom. The van der Waals surface area contributed by atoms with Crippen molar-refractivity contribution >= 4 is 37.6 Å². The quantitative estimate of drug-likeness (QED) is 0.583. The Hall–Kier alpha value is -1.98. The fourth-order valence-corrected chi connectivity index (χ4v) is 4.52. The van der Waals surface area contributed by atoms with Crippen molar-refractivity contribution in [2.75, 3.05) is 0 Å². The molecule has 158 valence electrons. The molecule has 0 saturated heterocycles. The van der Waals surface area contributed by atoms with Crippen molar-refractivity contribution in [2.45, 2.75) is 42.6 Å². The van der Waals surface area contributed by atoms with E-state index in [1.54, 1.807) is 20.8 Å². The summed E-state index contributed by atoms with van der Waals surface area (Å²) in [7, 11) is -7.60. The molecule has 1 amide bonds. The Bertz CT molecular complexity index is 1110. The lowest BCUT2D eigenvalue weighted by Crippen LogP contribution is -2.31. The number of hydrogen-bond donors (Lipinski definition) is 3. The zero-order chi connectivity index (χ0) is 22.0. The molecule has 0 spiro atoms. The first-order valence-corrected chi connectivity index (χ1v) is 12.0. The van der Waals surface area contributed by atoms with Crippen LogP contribution < -0.4 is 15.2 Å². The molecule has 0 fully saturated rings. The Labute approximate surface area is 175 Å². The summed E-state index contributed by atoms with van der Waals surface area (Å²) in [6.07, 6.45) is 0. The zero-order valence-electron chi connectivity index (χ0n) is 16.0. The van der Waals surface area contributed by atoms with Gasteiger partial charge in [0.2, 0.25) is 20.0 Å². The molecule has 0 aliphatic carbocycles. The largest absolute Gasteiger partial charge is 0.345 e. The van der Waals surface area contributed by atoms with Crippen LogP contribution in [0.4, 0.5) is 0 Å². The van der Waals surface area contributed by atoms with Gasteiger partial charge in [-0.1, -0.05) is 23.7 Å². The second-order valence-corrected chi connectivity index (χ2v) is 10.4. The van der Waals surface area contributed by atoms with Gasteiger partial charge in [-0.3, -0.25) is 4.79 Å². The highest BCUT2D eigenvalue weighted by Crippen LogP contribution is 2.22. The minimum atomic E-state index is -3.81. The van der Waals surface area contributed by atoms with E-state index in [4.69, 9.17) is 16.7 Å². The van der Waals surface area contributed by atoms with Gasteiger partial charge in [0.1, 0.15) is 0 Å². The zero-order valence-corrected chi connectivity index (χ0v) is 18.4. The highest BCUT2D eigenvalue weighted by atomic mass is 35.5. The molecule has 4 N–H and O–H groups in total. The average Bonchev–Trinajstić information content (AvgIpc) is 2.60. The molecular weight excluding hydrogens is 438 g/mol. The topological polar surface area (TPSA) is 135 Å². The number of sulfonamides is 2. The molecule has 0 bridgehead atoms. The van der Waals surface area contributed by atoms with Gasteiger partial charge in [-0.25, -0.2) is 26.7 Å². The first-order chi connectivity index (χ1) is 13.3. The van der Waals surface area contributed by atoms with Crippen LogP contribution in [0.1, 0.15) is 42.7 Å². The third kappa shape index (κ3) is 6.00. The molecule has 8 nitrogen and oxygen atoms in total. The molecule has 1 atom stereocenters. The molecular formula is C18H22ClN3O5S2. The van der Waals surface area contributed by atoms with Gasteiger partial charge in [0.05, 0.1) is 26.4 Å². The fraction of sp³-hybridized carbons (Fsp3) is 0.278. The Morgan fingerprint density at radius 2 is 1.52 bits per heavy atom. The van der Waals surface area contributed by atoms with Crippen LogP contribution in [0.15, 0.2) is 52.3 Å². The van der Waals surface area contributed by atoms with Crippen molar-refractivity contribution in [3.8, 4) is 0 Å². The van der Waals surface area contributed by atoms with Gasteiger partial charge in [0, 0.05) is 6.04 Å². The van der Waals surface area contributed by atoms with Crippen LogP contribution in [0.5, 0.6) is 0 Å². The lowest BCUT2D eigenvalue weighted by atomic mass is 10.1. The summed E-state index contributed by atoms with van der Waals surface area (Å²) in [5.74, 6) is -0.570. The standard InChI is InChI=1S/C18H22ClN3O5S2/c1-11(2)22-29(26,27)15-8-9-17(19)16(10-15)18(23)21-12(3)13-4-6-14(7-5-13)28(20,24)25/h4-12,22H,1-3H3,(H,21,23)(H2,20,24,25). The van der Waals surface area contributed by atoms with Gasteiger partial charge < -0.3 is 5.32 Å². The number of nitrogens with two attached hydrogens (primary N) is 1. The molecule has 11 heteroatoms. The van der Waals surface area contributed by atoms with Crippen LogP contribution in [-0.2, 0) is 20.0 Å². The summed E-state index contributed by atoms with van der Waals surface area (Å²) in [4.78, 5) is 12.5. The fourth-order valence-electron chi connectivity index (χ4n) is 2.53. The summed E-state index contributed by atoms with van der Waals surface area (Å²) in [6.45, 7) is 5.06. The number of carbonyl (C=O) groups excluding carboxylic acids is 1. The Morgan fingerprint density at radius 1 is 0.966 bits per heavy atom. The van der Waals surface area contributed by atoms with Gasteiger partial charge in [-0.2, -0.15) is 0 Å². The SMILES string of the molecule is CC(C)NS(=O)(=O)c1ccc(Cl)c(C(=O)NC(C)c2ccc(S(N)(=O)=O)cc2)c1. The predicted octanol–water partition coefficient (Wildman–Crippen LogP) is 2.17. The van der Waals surface area contributed by atoms with E-state index in [0.29, 0.717) is 5.56 Å². The highest BCUT2D eigenvalue weighted by molar-refractivity contribution is 7.89. The molecule has 0 radical (unpaired) electrons. The number of primary sulfonamides is 1. The summed E-state index contributed by atoms with van der Waals surface area (Å²) >= 11 is 6.09. The average molecular weight is 460 g/mol. The molecule has 2 rings (SSSR count). The summed E-state index contributed by atoms with van der Waals surface area (Å²) < 4.78 is 49.8. The monoisotopic (exact) mass is 459 g/mol. The van der Waals surface area contributed by atoms with Gasteiger partial charge in [-0.05, 0) is 56.7 Å². The van der Waals surface area contributed by atoms with Crippen LogP contribution in [0.3, 0.4) is 0 Å². The van der Waals surface area contributed by atoms with Crippen molar-refractivity contribution in [3.63, 3.8) is 0 Å². The number of carbonyl (C=O) groups is 1. The number of amides is 1. The lowest BCUT2D eigenvalue weighted by Gasteiger charge is -2.16. The molecule has 1 unspecified atom stereocenters. The van der Waals surface area contributed by atoms with Crippen LogP contribution in [0, 0.1) is 0 Å². The van der Waals surface area contributed by atoms with Gasteiger partial charge in [0.15, 0.2) is 0 Å². The molecule has 29 heavy (non-hydrogen) atoms. The smallest absolute Gasteiger partial charge is 0.253 e. The van der Waals surface area contributed by atoms with Gasteiger partial charge >= 0.3 is 0 Å². The van der Waals surface area contributed by atoms with Crippen molar-refractivity contribution in [2.24, 2.45) is 5.14 Å². The summed E-state index contributed by atoms with van der Waals surface area (Å²) in [5, 5.41) is 7.88. The third-order valence-corrected chi connectivity index (χ3v) is 6.85. The van der Waals surface area contributed by atoms with E-state index in [2.05, 4.69) is 10.0 Å². The van der Waals surface area contributed by atoms with Crippen LogP contribution in [0.25, 0.3) is 0 Å². The van der Waals surface area contributed by atoms with Gasteiger partial charge in [-0.15, -0.1) is 0 Å². The molecule has 0 aliphatic rings. The van der Waals surface area contributed by atoms with Crippen LogP contribution in [0.2, 0.25) is 5.02 Å². The van der Waals surface area contributed by atoms with Crippen LogP contribution >= 0.6 is 11.6 Å². The second kappa shape index (κ2) is 8.80. The van der Waals surface area contributed by atoms with Crippen molar-refractivity contribution in [1.82, 2.24) is 10.0 Å². The number of halogens is 1. The maximum absolute atomic E-state index is 12.7. The Balaban J connectivity index is 2.25. The van der Waals surface area contributed by atoms with E-state index in [-0.39, 0.29) is 26.4 Å². The minimum Gasteiger partial charge on any atom is -0.345 e. The maximum Gasteiger partial charge on any atom is 0.253 e. The molecule has 0 aromatic heterocycles. The second-order valence-electron chi connectivity index (χ2n) is 6.73. The molecule has 0 aliphatic heterocycles. The van der Waals surface area contributed by atoms with E-state index in [9.17, 15) is 21.6 Å². The van der Waals surface area contributed by atoms with Crippen LogP contribution in [-0.4, -0.2) is 28.8 Å². The number of hydrogen-bond acceptors (Lipinski definition) is 5. The predicted molar refractivity (Wildman–Crippen MR) is 111 cm³/mol. The number of benzene rings is 2. The van der Waals surface area contributed by atoms with E-state index >= 15 is 0 Å². The molecule has 2 aromatic carbocycles. The molecule has 2 aromatic rings. The summed E-state index contributed by atoms with van der Waals surface area (Å²) in [6, 6.07) is 8.79. The van der Waals surface area contributed by atoms with Crippen molar-refractivity contribution < 1.29 is 21.6 Å². The Kier molecular flexibility index (Phi) is 7.07. The third-order valence-electron chi connectivity index (χ3n) is 3.94. The minimum absolute atomic E-state index is 0.00584. The van der Waals surface area contributed by atoms with E-state index < -0.39 is 32.0 Å². The molecule has 0 heterocycles. The normalized spacial score (nSPS) is 13.3. The maximum atomic E-state index is 12.7. The van der Waals surface area contributed by atoms with E-state index in [1.807, 2.05) is 0 Å². The van der Waals surface area contributed by atoms with Crippen molar-refractivity contribution in [1.29, 1.82) is 0 Å². The lowest BCUT2D eigenvalue weighted by molar-refractivity contribution is 0.0940. The first-order valence-electron chi connectivity index (χ1n) is 8.57. The number of rotatable bonds is 7. The summed E-state index contributed by atoms with van der Waals surface area (Å²) in [5.41, 5.74) is 0.637. The van der Waals surface area contributed by atoms with Crippen molar-refractivity contribution in [3.05, 3.63) is 58.6 Å². The van der Waals surface area contributed by atoms with E-state index in [0.717, 1.165) is 0 Å². The highest BCUT2D eigenvalue weighted by Gasteiger charge is 2.21. The van der Waals surface area contributed by atoms with E-state index in [1.165, 1.54) is 42.5 Å². The van der Waals surface area contributed by atoms with Gasteiger partial charge in [0.25, 0.3) is 5.91 Å².